The van der Waals surface area contributed by atoms with Gasteiger partial charge in [-0.25, -0.2) is 0 Å². The average Bonchev–Trinajstić information content (AvgIpc) is 2.48. The molecule has 0 spiro atoms. The highest BCUT2D eigenvalue weighted by molar-refractivity contribution is 6.86. The van der Waals surface area contributed by atoms with Gasteiger partial charge in [-0.2, -0.15) is 0 Å². The molecule has 0 heterocycles. The monoisotopic (exact) mass is 336 g/mol. The van der Waals surface area contributed by atoms with Crippen molar-refractivity contribution in [1.82, 2.24) is 0 Å². The summed E-state index contributed by atoms with van der Waals surface area (Å²) in [4.78, 5) is 0. The zero-order chi connectivity index (χ0) is 15.3. The predicted octanol–water partition coefficient (Wildman–Crippen LogP) is 4.20. The number of hydrogen-bond acceptors (Lipinski definition) is 2. The first-order valence-electron chi connectivity index (χ1n) is 7.99. The topological polar surface area (TPSA) is 18.5 Å². The largest absolute Gasteiger partial charge is 0.442 e. The van der Waals surface area contributed by atoms with E-state index in [1.807, 2.05) is 0 Å². The molecule has 2 atom stereocenters. The molecule has 0 fully saturated rings. The molecule has 2 nitrogen and oxygen atoms in total. The SMILES string of the molecule is C[SiH2]O[Si](C)(C)O[Si](C)(C1C=CC=CC1)C1C=CC=CC1. The van der Waals surface area contributed by atoms with Crippen molar-refractivity contribution in [2.24, 2.45) is 0 Å². The Balaban J connectivity index is 2.24. The van der Waals surface area contributed by atoms with Crippen molar-refractivity contribution in [3.05, 3.63) is 48.6 Å². The van der Waals surface area contributed by atoms with E-state index in [9.17, 15) is 0 Å². The molecule has 0 aromatic carbocycles. The van der Waals surface area contributed by atoms with Gasteiger partial charge in [-0.15, -0.1) is 0 Å². The Morgan fingerprint density at radius 1 is 0.905 bits per heavy atom. The third kappa shape index (κ3) is 4.26. The van der Waals surface area contributed by atoms with E-state index in [4.69, 9.17) is 8.23 Å². The second-order valence-electron chi connectivity index (χ2n) is 6.43. The van der Waals surface area contributed by atoms with E-state index in [2.05, 4.69) is 74.8 Å². The Morgan fingerprint density at radius 2 is 1.43 bits per heavy atom. The van der Waals surface area contributed by atoms with E-state index < -0.39 is 26.6 Å². The zero-order valence-electron chi connectivity index (χ0n) is 13.7. The minimum Gasteiger partial charge on any atom is -0.442 e. The summed E-state index contributed by atoms with van der Waals surface area (Å²) in [6, 6.07) is 0. The van der Waals surface area contributed by atoms with Gasteiger partial charge in [0.15, 0.2) is 8.32 Å². The van der Waals surface area contributed by atoms with Crippen LogP contribution in [-0.2, 0) is 8.23 Å². The quantitative estimate of drug-likeness (QED) is 0.677. The second-order valence-corrected chi connectivity index (χ2v) is 15.6. The van der Waals surface area contributed by atoms with Crippen LogP contribution in [0.3, 0.4) is 0 Å². The van der Waals surface area contributed by atoms with E-state index >= 15 is 0 Å². The van der Waals surface area contributed by atoms with Crippen LogP contribution in [0, 0.1) is 0 Å². The Kier molecular flexibility index (Phi) is 5.79. The van der Waals surface area contributed by atoms with Crippen LogP contribution in [0.15, 0.2) is 48.6 Å². The third-order valence-corrected chi connectivity index (χ3v) is 15.9. The maximum absolute atomic E-state index is 6.86. The van der Waals surface area contributed by atoms with Gasteiger partial charge < -0.3 is 8.23 Å². The average molecular weight is 337 g/mol. The van der Waals surface area contributed by atoms with Gasteiger partial charge in [-0.05, 0) is 43.6 Å². The molecule has 0 amide bonds. The smallest absolute Gasteiger partial charge is 0.310 e. The molecule has 116 valence electrons. The molecule has 0 bridgehead atoms. The van der Waals surface area contributed by atoms with Crippen molar-refractivity contribution in [2.45, 2.75) is 50.1 Å². The molecule has 0 saturated carbocycles. The lowest BCUT2D eigenvalue weighted by molar-refractivity contribution is 0.393. The van der Waals surface area contributed by atoms with Gasteiger partial charge in [0.05, 0.1) is 0 Å². The maximum Gasteiger partial charge on any atom is 0.310 e. The molecule has 5 heteroatoms. The molecule has 2 aliphatic carbocycles. The van der Waals surface area contributed by atoms with Crippen molar-refractivity contribution >= 4 is 26.6 Å². The van der Waals surface area contributed by atoms with Crippen molar-refractivity contribution < 1.29 is 8.23 Å². The molecule has 0 radical (unpaired) electrons. The van der Waals surface area contributed by atoms with Gasteiger partial charge in [0.25, 0.3) is 0 Å². The Morgan fingerprint density at radius 3 is 1.81 bits per heavy atom. The molecule has 2 aliphatic rings. The molecule has 0 saturated heterocycles. The molecule has 2 unspecified atom stereocenters. The Bertz CT molecular complexity index is 436. The molecule has 2 rings (SSSR count). The number of hydrogen-bond donors (Lipinski definition) is 0. The summed E-state index contributed by atoms with van der Waals surface area (Å²) >= 11 is 0. The van der Waals surface area contributed by atoms with Gasteiger partial charge in [0.2, 0.25) is 0 Å². The van der Waals surface area contributed by atoms with E-state index in [0.717, 1.165) is 12.8 Å². The number of allylic oxidation sites excluding steroid dienone is 8. The summed E-state index contributed by atoms with van der Waals surface area (Å²) in [5.41, 5.74) is 1.11. The highest BCUT2D eigenvalue weighted by atomic mass is 28.5. The first kappa shape index (κ1) is 16.9. The molecule has 21 heavy (non-hydrogen) atoms. The van der Waals surface area contributed by atoms with Crippen molar-refractivity contribution in [2.75, 3.05) is 0 Å². The van der Waals surface area contributed by atoms with Crippen LogP contribution in [0.1, 0.15) is 12.8 Å². The predicted molar refractivity (Wildman–Crippen MR) is 99.0 cm³/mol. The van der Waals surface area contributed by atoms with Gasteiger partial charge in [0, 0.05) is 0 Å². The summed E-state index contributed by atoms with van der Waals surface area (Å²) < 4.78 is 13.0. The molecular formula is C16H28O2Si3. The fraction of sp³-hybridized carbons (Fsp3) is 0.500. The van der Waals surface area contributed by atoms with E-state index in [-0.39, 0.29) is 0 Å². The maximum atomic E-state index is 6.86. The first-order chi connectivity index (χ1) is 9.98. The second kappa shape index (κ2) is 7.19. The standard InChI is InChI=1S/C16H28O2Si3/c1-19-17-20(2,3)18-21(4,15-11-7-5-8-12-15)16-13-9-6-10-14-16/h5-11,13,15-16H,12,14,19H2,1-4H3. The van der Waals surface area contributed by atoms with Crippen LogP contribution in [0.5, 0.6) is 0 Å². The summed E-state index contributed by atoms with van der Waals surface area (Å²) in [5.74, 6) is 0. The van der Waals surface area contributed by atoms with Crippen LogP contribution >= 0.6 is 0 Å². The van der Waals surface area contributed by atoms with Crippen LogP contribution in [-0.4, -0.2) is 26.6 Å². The van der Waals surface area contributed by atoms with Crippen molar-refractivity contribution in [1.29, 1.82) is 0 Å². The molecule has 0 N–H and O–H groups in total. The zero-order valence-corrected chi connectivity index (χ0v) is 17.1. The van der Waals surface area contributed by atoms with E-state index in [0.29, 0.717) is 11.1 Å². The van der Waals surface area contributed by atoms with E-state index in [1.165, 1.54) is 0 Å². The highest BCUT2D eigenvalue weighted by Gasteiger charge is 2.47. The molecule has 0 aliphatic heterocycles. The van der Waals surface area contributed by atoms with Gasteiger partial charge in [-0.1, -0.05) is 55.2 Å². The van der Waals surface area contributed by atoms with Crippen molar-refractivity contribution in [3.8, 4) is 0 Å². The van der Waals surface area contributed by atoms with Gasteiger partial charge in [-0.3, -0.25) is 0 Å². The van der Waals surface area contributed by atoms with Gasteiger partial charge >= 0.3 is 8.56 Å². The lowest BCUT2D eigenvalue weighted by Gasteiger charge is -2.44. The fourth-order valence-electron chi connectivity index (χ4n) is 3.34. The van der Waals surface area contributed by atoms with Crippen LogP contribution in [0.25, 0.3) is 0 Å². The van der Waals surface area contributed by atoms with Crippen LogP contribution < -0.4 is 0 Å². The Hall–Kier alpha value is -0.469. The molecule has 0 aromatic rings. The normalized spacial score (nSPS) is 28.4. The van der Waals surface area contributed by atoms with Crippen molar-refractivity contribution in [3.63, 3.8) is 0 Å². The minimum atomic E-state index is -2.00. The summed E-state index contributed by atoms with van der Waals surface area (Å²) in [7, 11) is -4.36. The van der Waals surface area contributed by atoms with Crippen LogP contribution in [0.4, 0.5) is 0 Å². The summed E-state index contributed by atoms with van der Waals surface area (Å²) in [6.07, 6.45) is 20.2. The highest BCUT2D eigenvalue weighted by Crippen LogP contribution is 2.44. The summed E-state index contributed by atoms with van der Waals surface area (Å²) in [6.45, 7) is 9.06. The van der Waals surface area contributed by atoms with E-state index in [1.54, 1.807) is 0 Å². The molecule has 0 aromatic heterocycles. The summed E-state index contributed by atoms with van der Waals surface area (Å²) in [5, 5.41) is 0. The molecular weight excluding hydrogens is 308 g/mol. The third-order valence-electron chi connectivity index (χ3n) is 4.39. The lowest BCUT2D eigenvalue weighted by Crippen LogP contribution is -2.53. The van der Waals surface area contributed by atoms with Crippen LogP contribution in [0.2, 0.25) is 37.3 Å². The van der Waals surface area contributed by atoms with Gasteiger partial charge in [0.1, 0.15) is 9.76 Å². The lowest BCUT2D eigenvalue weighted by atomic mass is 10.2. The fourth-order valence-corrected chi connectivity index (χ4v) is 15.1. The number of rotatable bonds is 6. The first-order valence-corrected chi connectivity index (χ1v) is 15.4. The minimum absolute atomic E-state index is 0.421. The Labute approximate surface area is 134 Å².